The quantitative estimate of drug-likeness (QED) is 0.400. The van der Waals surface area contributed by atoms with Crippen molar-refractivity contribution in [2.75, 3.05) is 6.61 Å². The van der Waals surface area contributed by atoms with E-state index in [4.69, 9.17) is 4.74 Å². The largest absolute Gasteiger partial charge is 0.494 e. The summed E-state index contributed by atoms with van der Waals surface area (Å²) in [5.41, 5.74) is 1.77. The van der Waals surface area contributed by atoms with Crippen LogP contribution in [0.1, 0.15) is 31.0 Å². The maximum Gasteiger partial charge on any atom is 0.241 e. The number of hydrogen-bond donors (Lipinski definition) is 2. The average Bonchev–Trinajstić information content (AvgIpc) is 2.80. The van der Waals surface area contributed by atoms with Gasteiger partial charge < -0.3 is 10.1 Å². The number of carbonyl (C=O) groups excluding carboxylic acids is 1. The summed E-state index contributed by atoms with van der Waals surface area (Å²) in [7, 11) is -3.93. The molecule has 0 aliphatic carbocycles. The minimum absolute atomic E-state index is 0.0674. The van der Waals surface area contributed by atoms with Crippen LogP contribution in [0.25, 0.3) is 0 Å². The number of halogens is 1. The van der Waals surface area contributed by atoms with Gasteiger partial charge in [0.2, 0.25) is 15.9 Å². The van der Waals surface area contributed by atoms with E-state index in [-0.39, 0.29) is 17.4 Å². The Labute approximate surface area is 203 Å². The number of nitrogens with one attached hydrogen (secondary N) is 2. The van der Waals surface area contributed by atoms with E-state index in [2.05, 4.69) is 26.0 Å². The molecule has 2 N–H and O–H groups in total. The first kappa shape index (κ1) is 25.0. The second-order valence-corrected chi connectivity index (χ2v) is 10.2. The number of carbonyl (C=O) groups is 1. The van der Waals surface area contributed by atoms with E-state index >= 15 is 0 Å². The van der Waals surface area contributed by atoms with Crippen LogP contribution in [0.5, 0.6) is 5.75 Å². The highest BCUT2D eigenvalue weighted by atomic mass is 79.9. The third-order valence-corrected chi connectivity index (χ3v) is 7.09. The second kappa shape index (κ2) is 11.4. The number of hydrogen-bond acceptors (Lipinski definition) is 4. The van der Waals surface area contributed by atoms with Gasteiger partial charge in [0.15, 0.2) is 0 Å². The van der Waals surface area contributed by atoms with Crippen LogP contribution in [0, 0.1) is 0 Å². The molecule has 174 valence electrons. The predicted molar refractivity (Wildman–Crippen MR) is 133 cm³/mol. The van der Waals surface area contributed by atoms with Crippen LogP contribution in [0.2, 0.25) is 0 Å². The lowest BCUT2D eigenvalue weighted by Crippen LogP contribution is -2.48. The zero-order chi connectivity index (χ0) is 23.8. The molecule has 8 heteroatoms. The van der Waals surface area contributed by atoms with Gasteiger partial charge in [-0.05, 0) is 67.8 Å². The molecule has 0 aliphatic heterocycles. The lowest BCUT2D eigenvalue weighted by molar-refractivity contribution is -0.123. The lowest BCUT2D eigenvalue weighted by Gasteiger charge is -2.22. The Morgan fingerprint density at radius 1 is 0.970 bits per heavy atom. The van der Waals surface area contributed by atoms with Crippen LogP contribution in [0.15, 0.2) is 88.2 Å². The molecule has 0 radical (unpaired) electrons. The highest BCUT2D eigenvalue weighted by molar-refractivity contribution is 9.10. The highest BCUT2D eigenvalue weighted by Gasteiger charge is 2.27. The topological polar surface area (TPSA) is 84.5 Å². The standard InChI is InChI=1S/C25H27BrN2O4S/c1-3-32-22-13-15-23(16-14-22)33(30,31)28-24(17-19-7-5-4-6-8-19)25(29)27-18(2)20-9-11-21(26)12-10-20/h4-16,18,24,28H,3,17H2,1-2H3,(H,27,29)/t18-,24-/m1/s1. The molecule has 3 aromatic carbocycles. The van der Waals surface area contributed by atoms with Gasteiger partial charge in [-0.25, -0.2) is 8.42 Å². The van der Waals surface area contributed by atoms with Crippen molar-refractivity contribution >= 4 is 31.9 Å². The lowest BCUT2D eigenvalue weighted by atomic mass is 10.0. The Bertz CT molecular complexity index is 1150. The molecule has 0 bridgehead atoms. The van der Waals surface area contributed by atoms with Crippen LogP contribution >= 0.6 is 15.9 Å². The maximum atomic E-state index is 13.2. The molecule has 0 saturated heterocycles. The van der Waals surface area contributed by atoms with Crippen molar-refractivity contribution in [2.45, 2.75) is 37.2 Å². The molecule has 6 nitrogen and oxygen atoms in total. The molecule has 0 heterocycles. The molecule has 33 heavy (non-hydrogen) atoms. The molecule has 0 aromatic heterocycles. The van der Waals surface area contributed by atoms with E-state index in [1.54, 1.807) is 12.1 Å². The molecule has 3 aromatic rings. The van der Waals surface area contributed by atoms with Crippen molar-refractivity contribution in [2.24, 2.45) is 0 Å². The molecule has 0 aliphatic rings. The SMILES string of the molecule is CCOc1ccc(S(=O)(=O)N[C@H](Cc2ccccc2)C(=O)N[C@H](C)c2ccc(Br)cc2)cc1. The Kier molecular flexibility index (Phi) is 8.66. The van der Waals surface area contributed by atoms with E-state index in [0.29, 0.717) is 12.4 Å². The van der Waals surface area contributed by atoms with E-state index in [1.807, 2.05) is 68.4 Å². The van der Waals surface area contributed by atoms with Crippen molar-refractivity contribution < 1.29 is 17.9 Å². The average molecular weight is 531 g/mol. The molecule has 0 unspecified atom stereocenters. The fourth-order valence-corrected chi connectivity index (χ4v) is 4.78. The summed E-state index contributed by atoms with van der Waals surface area (Å²) in [6.07, 6.45) is 0.218. The number of rotatable bonds is 10. The van der Waals surface area contributed by atoms with Gasteiger partial charge in [0.1, 0.15) is 11.8 Å². The van der Waals surface area contributed by atoms with Crippen LogP contribution in [0.3, 0.4) is 0 Å². The fourth-order valence-electron chi connectivity index (χ4n) is 3.32. The van der Waals surface area contributed by atoms with Gasteiger partial charge in [-0.2, -0.15) is 4.72 Å². The van der Waals surface area contributed by atoms with Gasteiger partial charge in [-0.3, -0.25) is 4.79 Å². The molecule has 0 saturated carbocycles. The van der Waals surface area contributed by atoms with Gasteiger partial charge in [-0.1, -0.05) is 58.4 Å². The van der Waals surface area contributed by atoms with Crippen molar-refractivity contribution in [1.29, 1.82) is 0 Å². The Morgan fingerprint density at radius 2 is 1.61 bits per heavy atom. The summed E-state index contributed by atoms with van der Waals surface area (Å²) >= 11 is 3.40. The Morgan fingerprint density at radius 3 is 2.21 bits per heavy atom. The third-order valence-electron chi connectivity index (χ3n) is 5.07. The van der Waals surface area contributed by atoms with E-state index in [0.717, 1.165) is 15.6 Å². The summed E-state index contributed by atoms with van der Waals surface area (Å²) in [5, 5.41) is 2.93. The number of ether oxygens (including phenoxy) is 1. The van der Waals surface area contributed by atoms with Crippen molar-refractivity contribution in [3.63, 3.8) is 0 Å². The summed E-state index contributed by atoms with van der Waals surface area (Å²) < 4.78 is 35.0. The van der Waals surface area contributed by atoms with Crippen LogP contribution in [-0.4, -0.2) is 27.0 Å². The summed E-state index contributed by atoms with van der Waals surface area (Å²) in [6, 6.07) is 21.8. The Balaban J connectivity index is 1.80. The zero-order valence-electron chi connectivity index (χ0n) is 18.5. The third kappa shape index (κ3) is 7.15. The van der Waals surface area contributed by atoms with Crippen LogP contribution < -0.4 is 14.8 Å². The predicted octanol–water partition coefficient (Wildman–Crippen LogP) is 4.61. The van der Waals surface area contributed by atoms with Crippen molar-refractivity contribution in [3.8, 4) is 5.75 Å². The molecule has 3 rings (SSSR count). The molecule has 0 fully saturated rings. The summed E-state index contributed by atoms with van der Waals surface area (Å²) in [4.78, 5) is 13.2. The zero-order valence-corrected chi connectivity index (χ0v) is 20.9. The summed E-state index contributed by atoms with van der Waals surface area (Å²) in [6.45, 7) is 4.20. The van der Waals surface area contributed by atoms with Gasteiger partial charge >= 0.3 is 0 Å². The minimum Gasteiger partial charge on any atom is -0.494 e. The summed E-state index contributed by atoms with van der Waals surface area (Å²) in [5.74, 6) is 0.183. The maximum absolute atomic E-state index is 13.2. The van der Waals surface area contributed by atoms with Gasteiger partial charge in [-0.15, -0.1) is 0 Å². The smallest absolute Gasteiger partial charge is 0.241 e. The normalized spacial score (nSPS) is 13.2. The van der Waals surface area contributed by atoms with Crippen molar-refractivity contribution in [3.05, 3.63) is 94.5 Å². The molecular formula is C25H27BrN2O4S. The first-order chi connectivity index (χ1) is 15.8. The molecule has 2 atom stereocenters. The van der Waals surface area contributed by atoms with Gasteiger partial charge in [0, 0.05) is 4.47 Å². The van der Waals surface area contributed by atoms with Gasteiger partial charge in [0.25, 0.3) is 0 Å². The number of benzene rings is 3. The second-order valence-electron chi connectivity index (χ2n) is 7.55. The monoisotopic (exact) mass is 530 g/mol. The van der Waals surface area contributed by atoms with Crippen LogP contribution in [-0.2, 0) is 21.2 Å². The fraction of sp³-hybridized carbons (Fsp3) is 0.240. The van der Waals surface area contributed by atoms with Gasteiger partial charge in [0.05, 0.1) is 17.5 Å². The van der Waals surface area contributed by atoms with E-state index in [9.17, 15) is 13.2 Å². The van der Waals surface area contributed by atoms with E-state index in [1.165, 1.54) is 12.1 Å². The first-order valence-electron chi connectivity index (χ1n) is 10.6. The van der Waals surface area contributed by atoms with Crippen molar-refractivity contribution in [1.82, 2.24) is 10.0 Å². The first-order valence-corrected chi connectivity index (χ1v) is 12.9. The number of sulfonamides is 1. The highest BCUT2D eigenvalue weighted by Crippen LogP contribution is 2.19. The van der Waals surface area contributed by atoms with Crippen LogP contribution in [0.4, 0.5) is 0 Å². The Hall–Kier alpha value is -2.68. The molecular weight excluding hydrogens is 504 g/mol. The van der Waals surface area contributed by atoms with E-state index < -0.39 is 22.0 Å². The minimum atomic E-state index is -3.93. The molecule has 0 spiro atoms. The molecule has 1 amide bonds. The number of amides is 1.